The van der Waals surface area contributed by atoms with Crippen LogP contribution in [0.15, 0.2) is 0 Å². The number of nitrogens with zero attached hydrogens (tertiary/aromatic N) is 2. The molecule has 0 radical (unpaired) electrons. The van der Waals surface area contributed by atoms with E-state index in [2.05, 4.69) is 4.18 Å². The Labute approximate surface area is 166 Å². The number of hydrogen-bond donors (Lipinski definition) is 0. The van der Waals surface area contributed by atoms with Crippen LogP contribution in [0.25, 0.3) is 0 Å². The van der Waals surface area contributed by atoms with Crippen molar-refractivity contribution in [2.24, 2.45) is 5.92 Å². The highest BCUT2D eigenvalue weighted by atomic mass is 32.3. The van der Waals surface area contributed by atoms with Crippen molar-refractivity contribution in [1.29, 1.82) is 0 Å². The normalized spacial score (nSPS) is 26.1. The lowest BCUT2D eigenvalue weighted by Gasteiger charge is -2.31. The molecule has 164 valence electrons. The second-order valence-electron chi connectivity index (χ2n) is 8.16. The van der Waals surface area contributed by atoms with E-state index >= 15 is 0 Å². The third-order valence-electron chi connectivity index (χ3n) is 4.05. The third kappa shape index (κ3) is 7.87. The largest absolute Gasteiger partial charge is 0.726 e. The lowest BCUT2D eigenvalue weighted by molar-refractivity contribution is -1.07. The topological polar surface area (TPSA) is 132 Å². The van der Waals surface area contributed by atoms with Crippen molar-refractivity contribution in [3.8, 4) is 0 Å². The van der Waals surface area contributed by atoms with Crippen molar-refractivity contribution >= 4 is 22.5 Å². The van der Waals surface area contributed by atoms with Crippen LogP contribution in [-0.4, -0.2) is 93.2 Å². The minimum Gasteiger partial charge on any atom is -0.726 e. The molecule has 0 aliphatic carbocycles. The molecule has 0 N–H and O–H groups in total. The molecule has 12 heteroatoms. The van der Waals surface area contributed by atoms with Crippen molar-refractivity contribution in [3.05, 3.63) is 0 Å². The summed E-state index contributed by atoms with van der Waals surface area (Å²) in [4.78, 5) is 31.2. The Morgan fingerprint density at radius 2 is 1.82 bits per heavy atom. The van der Waals surface area contributed by atoms with Crippen LogP contribution < -0.4 is 0 Å². The number of quaternary nitrogens is 1. The average molecular weight is 426 g/mol. The van der Waals surface area contributed by atoms with E-state index < -0.39 is 16.0 Å². The fraction of sp³-hybridized carbons (Fsp3) is 0.875. The molecule has 0 spiro atoms. The van der Waals surface area contributed by atoms with Crippen LogP contribution in [0.3, 0.4) is 0 Å². The molecule has 0 aromatic heterocycles. The van der Waals surface area contributed by atoms with E-state index in [0.717, 1.165) is 13.7 Å². The Balaban J connectivity index is 0.000000568. The number of hydroxylamine groups is 3. The van der Waals surface area contributed by atoms with Crippen LogP contribution in [0.2, 0.25) is 0 Å². The quantitative estimate of drug-likeness (QED) is 0.270. The van der Waals surface area contributed by atoms with Gasteiger partial charge in [0.05, 0.1) is 27.1 Å². The lowest BCUT2D eigenvalue weighted by Crippen LogP contribution is -2.48. The highest BCUT2D eigenvalue weighted by Crippen LogP contribution is 2.36. The fourth-order valence-corrected chi connectivity index (χ4v) is 3.16. The van der Waals surface area contributed by atoms with Gasteiger partial charge in [0.2, 0.25) is 10.4 Å². The average Bonchev–Trinajstić information content (AvgIpc) is 2.95. The predicted octanol–water partition coefficient (Wildman–Crippen LogP) is 0.268. The molecule has 0 aromatic carbocycles. The molecule has 2 rings (SSSR count). The smallest absolute Gasteiger partial charge is 0.410 e. The molecular formula is C16H30N2O9S. The van der Waals surface area contributed by atoms with Gasteiger partial charge in [0, 0.05) is 13.5 Å². The molecule has 2 aliphatic heterocycles. The lowest BCUT2D eigenvalue weighted by atomic mass is 10.0. The Kier molecular flexibility index (Phi) is 7.81. The number of rotatable bonds is 3. The summed E-state index contributed by atoms with van der Waals surface area (Å²) < 4.78 is 42.1. The van der Waals surface area contributed by atoms with E-state index in [4.69, 9.17) is 14.3 Å². The first-order valence-corrected chi connectivity index (χ1v) is 10.0. The van der Waals surface area contributed by atoms with Gasteiger partial charge in [-0.25, -0.2) is 13.2 Å². The molecule has 1 amide bonds. The summed E-state index contributed by atoms with van der Waals surface area (Å²) >= 11 is 0. The van der Waals surface area contributed by atoms with Crippen LogP contribution in [0.4, 0.5) is 4.79 Å². The number of carbonyl (C=O) groups is 2. The van der Waals surface area contributed by atoms with Gasteiger partial charge in [-0.2, -0.15) is 9.48 Å². The molecule has 0 aromatic rings. The molecule has 0 bridgehead atoms. The highest BCUT2D eigenvalue weighted by molar-refractivity contribution is 7.80. The zero-order valence-corrected chi connectivity index (χ0v) is 18.1. The number of ether oxygens (including phenoxy) is 2. The minimum absolute atomic E-state index is 0.135. The maximum Gasteiger partial charge on any atom is 0.410 e. The number of likely N-dealkylation sites (tertiary alicyclic amines) is 1. The Morgan fingerprint density at radius 1 is 1.29 bits per heavy atom. The van der Waals surface area contributed by atoms with Gasteiger partial charge in [-0.05, 0) is 20.8 Å². The third-order valence-corrected chi connectivity index (χ3v) is 4.45. The van der Waals surface area contributed by atoms with Gasteiger partial charge in [0.15, 0.2) is 6.10 Å². The summed E-state index contributed by atoms with van der Waals surface area (Å²) in [6.45, 7) is 8.38. The summed E-state index contributed by atoms with van der Waals surface area (Å²) in [5, 5.41) is 0. The van der Waals surface area contributed by atoms with Crippen LogP contribution in [0.1, 0.15) is 27.7 Å². The van der Waals surface area contributed by atoms with E-state index in [1.165, 1.54) is 6.92 Å². The zero-order chi connectivity index (χ0) is 21.9. The van der Waals surface area contributed by atoms with E-state index in [1.807, 2.05) is 34.9 Å². The SMILES string of the molecule is CC(=O)OC[C@@H]1[C@H]2O[N+](C)(C)C[C@H]2CN1C(=O)OC(C)(C)C.COS(=O)(=O)[O-]. The van der Waals surface area contributed by atoms with Crippen LogP contribution >= 0.6 is 0 Å². The van der Waals surface area contributed by atoms with Crippen LogP contribution in [0.5, 0.6) is 0 Å². The van der Waals surface area contributed by atoms with Gasteiger partial charge in [-0.3, -0.25) is 13.9 Å². The molecule has 28 heavy (non-hydrogen) atoms. The van der Waals surface area contributed by atoms with Gasteiger partial charge < -0.3 is 14.0 Å². The van der Waals surface area contributed by atoms with Crippen molar-refractivity contribution in [2.75, 3.05) is 40.9 Å². The van der Waals surface area contributed by atoms with E-state index in [9.17, 15) is 22.6 Å². The summed E-state index contributed by atoms with van der Waals surface area (Å²) in [7, 11) is 0.366. The van der Waals surface area contributed by atoms with Crippen molar-refractivity contribution < 1.29 is 45.7 Å². The Morgan fingerprint density at radius 3 is 2.25 bits per heavy atom. The van der Waals surface area contributed by atoms with Gasteiger partial charge in [0.1, 0.15) is 24.8 Å². The molecule has 3 atom stereocenters. The maximum absolute atomic E-state index is 12.4. The number of fused-ring (bicyclic) bond motifs is 1. The van der Waals surface area contributed by atoms with Crippen LogP contribution in [-0.2, 0) is 33.7 Å². The van der Waals surface area contributed by atoms with Gasteiger partial charge in [-0.1, -0.05) is 0 Å². The number of carbonyl (C=O) groups excluding carboxylic acids is 2. The summed E-state index contributed by atoms with van der Waals surface area (Å²) in [6, 6.07) is -0.302. The van der Waals surface area contributed by atoms with E-state index in [0.29, 0.717) is 11.2 Å². The fourth-order valence-electron chi connectivity index (χ4n) is 3.16. The monoisotopic (exact) mass is 426 g/mol. The zero-order valence-electron chi connectivity index (χ0n) is 17.3. The first kappa shape index (κ1) is 24.6. The Hall–Kier alpha value is -1.47. The molecule has 2 fully saturated rings. The molecule has 0 saturated carbocycles. The Bertz CT molecular complexity index is 672. The number of amides is 1. The second kappa shape index (κ2) is 8.91. The minimum atomic E-state index is -4.41. The first-order chi connectivity index (χ1) is 12.5. The van der Waals surface area contributed by atoms with Gasteiger partial charge in [0.25, 0.3) is 0 Å². The number of esters is 1. The molecule has 2 aliphatic rings. The number of hydrogen-bond acceptors (Lipinski definition) is 9. The standard InChI is InChI=1S/C15H27N2O5.CH4O4S/c1-10(18)20-9-12-13-11(8-17(5,6)22-13)7-16(12)14(19)21-15(2,3)4;1-5-6(2,3)4/h11-13H,7-9H2,1-6H3;1H3,(H,2,3,4)/q+1;/p-1/t11-,12-,13+;/m1./s1. The molecule has 2 heterocycles. The maximum atomic E-state index is 12.4. The van der Waals surface area contributed by atoms with Gasteiger partial charge in [-0.15, -0.1) is 0 Å². The molecule has 2 saturated heterocycles. The van der Waals surface area contributed by atoms with E-state index in [1.54, 1.807) is 4.90 Å². The second-order valence-corrected chi connectivity index (χ2v) is 9.31. The van der Waals surface area contributed by atoms with Crippen LogP contribution in [0, 0.1) is 5.92 Å². The molecular weight excluding hydrogens is 396 g/mol. The molecule has 11 nitrogen and oxygen atoms in total. The predicted molar refractivity (Wildman–Crippen MR) is 95.4 cm³/mol. The summed E-state index contributed by atoms with van der Waals surface area (Å²) in [6.07, 6.45) is -0.519. The van der Waals surface area contributed by atoms with Crippen molar-refractivity contribution in [2.45, 2.75) is 45.4 Å². The highest BCUT2D eigenvalue weighted by Gasteiger charge is 2.56. The van der Waals surface area contributed by atoms with Crippen molar-refractivity contribution in [1.82, 2.24) is 4.90 Å². The van der Waals surface area contributed by atoms with Crippen molar-refractivity contribution in [3.63, 3.8) is 0 Å². The van der Waals surface area contributed by atoms with E-state index in [-0.39, 0.29) is 36.7 Å². The molecule has 0 unspecified atom stereocenters. The summed E-state index contributed by atoms with van der Waals surface area (Å²) in [5.74, 6) is -0.137. The summed E-state index contributed by atoms with van der Waals surface area (Å²) in [5.41, 5.74) is -0.559. The van der Waals surface area contributed by atoms with Gasteiger partial charge >= 0.3 is 12.1 Å². The first-order valence-electron chi connectivity index (χ1n) is 8.70.